The first kappa shape index (κ1) is 22.7. The zero-order chi connectivity index (χ0) is 25.6. The number of carbonyl (C=O) groups excluding carboxylic acids is 1. The Morgan fingerprint density at radius 1 is 0.974 bits per heavy atom. The first-order chi connectivity index (χ1) is 18.6. The second-order valence-corrected chi connectivity index (χ2v) is 10.4. The molecule has 6 heterocycles. The number of pyridine rings is 3. The number of rotatable bonds is 5. The average molecular weight is 525 g/mol. The van der Waals surface area contributed by atoms with Crippen LogP contribution in [0.2, 0.25) is 0 Å². The molecular weight excluding hydrogens is 503 g/mol. The SMILES string of the molecule is O=C(Nc1cncc(-c2ccc3[nH]nc(-c4nc5c(-c6ccc(F)s6)cncc5[nH]4)c3n2)c1)C1CCCC1. The topological polar surface area (TPSA) is 125 Å². The molecule has 0 bridgehead atoms. The number of amides is 1. The van der Waals surface area contributed by atoms with Crippen LogP contribution in [0.1, 0.15) is 25.7 Å². The molecule has 0 aliphatic heterocycles. The molecule has 0 saturated heterocycles. The average Bonchev–Trinajstić information content (AvgIpc) is 3.74. The Morgan fingerprint density at radius 3 is 2.68 bits per heavy atom. The highest BCUT2D eigenvalue weighted by Gasteiger charge is 2.23. The molecule has 0 unspecified atom stereocenters. The number of fused-ring (bicyclic) bond motifs is 2. The molecule has 1 amide bonds. The highest BCUT2D eigenvalue weighted by molar-refractivity contribution is 7.14. The minimum absolute atomic E-state index is 0.0472. The Bertz CT molecular complexity index is 1820. The predicted molar refractivity (Wildman–Crippen MR) is 144 cm³/mol. The van der Waals surface area contributed by atoms with Crippen LogP contribution in [0.5, 0.6) is 0 Å². The summed E-state index contributed by atoms with van der Waals surface area (Å²) < 4.78 is 13.7. The van der Waals surface area contributed by atoms with Gasteiger partial charge in [-0.15, -0.1) is 11.3 Å². The van der Waals surface area contributed by atoms with Crippen molar-refractivity contribution >= 4 is 45.0 Å². The number of hydrogen-bond acceptors (Lipinski definition) is 7. The first-order valence-corrected chi connectivity index (χ1v) is 13.2. The van der Waals surface area contributed by atoms with Crippen LogP contribution in [0, 0.1) is 11.0 Å². The quantitative estimate of drug-likeness (QED) is 0.256. The standard InChI is InChI=1S/C27H21FN8OS/c28-22-8-7-21(38-22)17-12-30-13-20-23(17)34-26(33-20)25-24-19(35-36-25)6-5-18(32-24)15-9-16(11-29-10-15)31-27(37)14-3-1-2-4-14/h5-14H,1-4H2,(H,31,37)(H,33,34)(H,35,36). The van der Waals surface area contributed by atoms with Crippen molar-refractivity contribution < 1.29 is 9.18 Å². The van der Waals surface area contributed by atoms with Gasteiger partial charge in [0.2, 0.25) is 5.91 Å². The van der Waals surface area contributed by atoms with E-state index in [2.05, 4.69) is 30.5 Å². The molecule has 9 nitrogen and oxygen atoms in total. The van der Waals surface area contributed by atoms with Gasteiger partial charge in [0.05, 0.1) is 34.8 Å². The van der Waals surface area contributed by atoms with E-state index in [0.717, 1.165) is 58.5 Å². The van der Waals surface area contributed by atoms with Gasteiger partial charge in [-0.1, -0.05) is 12.8 Å². The zero-order valence-electron chi connectivity index (χ0n) is 20.0. The smallest absolute Gasteiger partial charge is 0.227 e. The van der Waals surface area contributed by atoms with Crippen molar-refractivity contribution in [3.63, 3.8) is 0 Å². The summed E-state index contributed by atoms with van der Waals surface area (Å²) in [6, 6.07) is 8.83. The summed E-state index contributed by atoms with van der Waals surface area (Å²) in [6.45, 7) is 0. The van der Waals surface area contributed by atoms with Crippen LogP contribution in [-0.2, 0) is 4.79 Å². The number of imidazole rings is 1. The van der Waals surface area contributed by atoms with E-state index in [9.17, 15) is 9.18 Å². The Labute approximate surface area is 219 Å². The number of nitrogens with one attached hydrogen (secondary N) is 3. The van der Waals surface area contributed by atoms with E-state index in [-0.39, 0.29) is 17.0 Å². The van der Waals surface area contributed by atoms with Crippen LogP contribution in [0.15, 0.2) is 55.1 Å². The van der Waals surface area contributed by atoms with Crippen molar-refractivity contribution in [2.75, 3.05) is 5.32 Å². The molecule has 188 valence electrons. The summed E-state index contributed by atoms with van der Waals surface area (Å²) in [7, 11) is 0. The molecule has 0 atom stereocenters. The second kappa shape index (κ2) is 9.10. The van der Waals surface area contributed by atoms with Crippen molar-refractivity contribution in [2.45, 2.75) is 25.7 Å². The number of carbonyl (C=O) groups is 1. The van der Waals surface area contributed by atoms with Gasteiger partial charge < -0.3 is 10.3 Å². The maximum absolute atomic E-state index is 13.7. The predicted octanol–water partition coefficient (Wildman–Crippen LogP) is 5.95. The highest BCUT2D eigenvalue weighted by Crippen LogP contribution is 2.34. The fourth-order valence-electron chi connectivity index (χ4n) is 4.99. The van der Waals surface area contributed by atoms with Crippen molar-refractivity contribution in [3.8, 4) is 33.2 Å². The van der Waals surface area contributed by atoms with Gasteiger partial charge in [0.15, 0.2) is 16.6 Å². The maximum Gasteiger partial charge on any atom is 0.227 e. The van der Waals surface area contributed by atoms with Gasteiger partial charge in [0.1, 0.15) is 11.0 Å². The van der Waals surface area contributed by atoms with E-state index in [4.69, 9.17) is 9.97 Å². The summed E-state index contributed by atoms with van der Waals surface area (Å²) in [5.41, 5.74) is 6.20. The van der Waals surface area contributed by atoms with Crippen molar-refractivity contribution in [1.29, 1.82) is 0 Å². The van der Waals surface area contributed by atoms with E-state index in [1.54, 1.807) is 30.9 Å². The van der Waals surface area contributed by atoms with Gasteiger partial charge in [-0.2, -0.15) is 9.49 Å². The van der Waals surface area contributed by atoms with Gasteiger partial charge in [0, 0.05) is 34.3 Å². The summed E-state index contributed by atoms with van der Waals surface area (Å²) >= 11 is 1.05. The van der Waals surface area contributed by atoms with E-state index in [1.165, 1.54) is 6.07 Å². The lowest BCUT2D eigenvalue weighted by atomic mass is 10.1. The second-order valence-electron chi connectivity index (χ2n) is 9.37. The lowest BCUT2D eigenvalue weighted by molar-refractivity contribution is -0.119. The number of aromatic amines is 2. The number of anilines is 1. The van der Waals surface area contributed by atoms with Crippen LogP contribution in [0.3, 0.4) is 0 Å². The maximum atomic E-state index is 13.7. The number of nitrogens with zero attached hydrogens (tertiary/aromatic N) is 5. The fraction of sp³-hybridized carbons (Fsp3) is 0.185. The van der Waals surface area contributed by atoms with Crippen molar-refractivity contribution in [1.82, 2.24) is 35.1 Å². The Kier molecular flexibility index (Phi) is 5.43. The van der Waals surface area contributed by atoms with Gasteiger partial charge in [-0.25, -0.2) is 9.97 Å². The zero-order valence-corrected chi connectivity index (χ0v) is 20.8. The molecule has 0 spiro atoms. The minimum Gasteiger partial charge on any atom is -0.335 e. The molecule has 1 aliphatic carbocycles. The van der Waals surface area contributed by atoms with Crippen LogP contribution in [-0.4, -0.2) is 41.0 Å². The molecule has 0 aromatic carbocycles. The van der Waals surface area contributed by atoms with E-state index < -0.39 is 0 Å². The lowest BCUT2D eigenvalue weighted by Gasteiger charge is -2.11. The number of thiophene rings is 1. The van der Waals surface area contributed by atoms with Gasteiger partial charge in [-0.3, -0.25) is 19.9 Å². The van der Waals surface area contributed by atoms with Crippen LogP contribution in [0.4, 0.5) is 10.1 Å². The fourth-order valence-corrected chi connectivity index (χ4v) is 5.73. The van der Waals surface area contributed by atoms with Gasteiger partial charge >= 0.3 is 0 Å². The molecule has 0 radical (unpaired) electrons. The van der Waals surface area contributed by atoms with Crippen LogP contribution >= 0.6 is 11.3 Å². The molecule has 6 aromatic heterocycles. The molecule has 1 fully saturated rings. The van der Waals surface area contributed by atoms with Crippen LogP contribution < -0.4 is 5.32 Å². The normalized spacial score (nSPS) is 14.0. The highest BCUT2D eigenvalue weighted by atomic mass is 32.1. The summed E-state index contributed by atoms with van der Waals surface area (Å²) in [4.78, 5) is 34.9. The van der Waals surface area contributed by atoms with E-state index >= 15 is 0 Å². The molecule has 38 heavy (non-hydrogen) atoms. The lowest BCUT2D eigenvalue weighted by Crippen LogP contribution is -2.20. The van der Waals surface area contributed by atoms with Gasteiger partial charge in [0.25, 0.3) is 0 Å². The molecule has 6 aromatic rings. The van der Waals surface area contributed by atoms with Gasteiger partial charge in [-0.05, 0) is 43.2 Å². The molecule has 1 aliphatic rings. The van der Waals surface area contributed by atoms with Crippen molar-refractivity contribution in [3.05, 3.63) is 60.3 Å². The number of halogens is 1. The Hall–Kier alpha value is -4.51. The third kappa shape index (κ3) is 4.01. The molecule has 7 rings (SSSR count). The molecule has 1 saturated carbocycles. The Morgan fingerprint density at radius 2 is 1.84 bits per heavy atom. The number of aromatic nitrogens is 7. The van der Waals surface area contributed by atoms with Crippen molar-refractivity contribution in [2.24, 2.45) is 5.92 Å². The molecular formula is C27H21FN8OS. The minimum atomic E-state index is -0.264. The molecule has 3 N–H and O–H groups in total. The largest absolute Gasteiger partial charge is 0.335 e. The molecule has 11 heteroatoms. The number of hydrogen-bond donors (Lipinski definition) is 3. The third-order valence-electron chi connectivity index (χ3n) is 6.89. The van der Waals surface area contributed by atoms with E-state index in [1.807, 2.05) is 18.2 Å². The summed E-state index contributed by atoms with van der Waals surface area (Å²) in [5.74, 6) is 0.642. The van der Waals surface area contributed by atoms with E-state index in [0.29, 0.717) is 39.4 Å². The number of H-pyrrole nitrogens is 2. The van der Waals surface area contributed by atoms with Crippen LogP contribution in [0.25, 0.3) is 55.3 Å². The monoisotopic (exact) mass is 524 g/mol. The summed E-state index contributed by atoms with van der Waals surface area (Å²) in [5, 5.41) is 10.2. The summed E-state index contributed by atoms with van der Waals surface area (Å²) in [6.07, 6.45) is 10.8. The third-order valence-corrected chi connectivity index (χ3v) is 7.80. The first-order valence-electron chi connectivity index (χ1n) is 12.3. The Balaban J connectivity index is 1.24.